The molecule has 8 rings (SSSR count). The Kier molecular flexibility index (Phi) is 26.3. The predicted octanol–water partition coefficient (Wildman–Crippen LogP) is 4.80. The maximum absolute atomic E-state index is 14.6. The van der Waals surface area contributed by atoms with E-state index in [-0.39, 0.29) is 55.9 Å². The Labute approximate surface area is 604 Å². The first-order chi connectivity index (χ1) is 47.0. The Balaban J connectivity index is 0.000000286. The highest BCUT2D eigenvalue weighted by Crippen LogP contribution is 2.43. The Hall–Kier alpha value is -5.79. The molecule has 8 fully saturated rings. The molecule has 578 valence electrons. The lowest BCUT2D eigenvalue weighted by molar-refractivity contribution is -0.171. The van der Waals surface area contributed by atoms with Crippen molar-refractivity contribution in [1.29, 1.82) is 0 Å². The van der Waals surface area contributed by atoms with E-state index >= 15 is 0 Å². The van der Waals surface area contributed by atoms with Gasteiger partial charge in [-0.2, -0.15) is 0 Å². The lowest BCUT2D eigenvalue weighted by Crippen LogP contribution is -2.64. The summed E-state index contributed by atoms with van der Waals surface area (Å²) in [5.41, 5.74) is -3.67. The van der Waals surface area contributed by atoms with Crippen molar-refractivity contribution in [3.8, 4) is 0 Å². The third-order valence-corrected chi connectivity index (χ3v) is 26.4. The van der Waals surface area contributed by atoms with Crippen molar-refractivity contribution < 1.29 is 84.0 Å². The molecule has 4 saturated carbocycles. The Bertz CT molecular complexity index is 3330. The van der Waals surface area contributed by atoms with Gasteiger partial charge in [0.25, 0.3) is 11.8 Å². The van der Waals surface area contributed by atoms with Gasteiger partial charge in [-0.15, -0.1) is 13.2 Å². The minimum absolute atomic E-state index is 0.00429. The first kappa shape index (κ1) is 83.5. The van der Waals surface area contributed by atoms with Crippen LogP contribution in [0.3, 0.4) is 0 Å². The minimum Gasteiger partial charge on any atom is -0.381 e. The van der Waals surface area contributed by atoms with E-state index in [1.165, 1.54) is 22.0 Å². The number of ether oxygens (including phenoxy) is 4. The monoisotopic (exact) mass is 1480 g/mol. The molecule has 4 heterocycles. The molecular weight excluding hydrogens is 1360 g/mol. The second kappa shape index (κ2) is 32.1. The molecule has 10 amide bonds. The largest absolute Gasteiger partial charge is 0.381 e. The van der Waals surface area contributed by atoms with Gasteiger partial charge >= 0.3 is 12.1 Å². The fraction of sp³-hybridized carbons (Fsp3) is 0.819. The van der Waals surface area contributed by atoms with Crippen molar-refractivity contribution in [2.24, 2.45) is 22.7 Å². The zero-order chi connectivity index (χ0) is 76.3. The average molecular weight is 1480 g/mol. The number of hydrogen-bond acceptors (Lipinski definition) is 18. The molecular formula is C72H120N10O18S2. The van der Waals surface area contributed by atoms with E-state index in [4.69, 9.17) is 18.9 Å². The van der Waals surface area contributed by atoms with E-state index in [9.17, 15) is 65.1 Å². The maximum Gasteiger partial charge on any atom is 0.315 e. The molecule has 0 radical (unpaired) electrons. The van der Waals surface area contributed by atoms with E-state index in [1.54, 1.807) is 111 Å². The molecule has 4 aliphatic carbocycles. The van der Waals surface area contributed by atoms with E-state index in [0.29, 0.717) is 32.1 Å². The first-order valence-electron chi connectivity index (χ1n) is 36.5. The maximum atomic E-state index is 14.6. The minimum atomic E-state index is -3.60. The van der Waals surface area contributed by atoms with Crippen LogP contribution in [-0.4, -0.2) is 222 Å². The lowest BCUT2D eigenvalue weighted by Gasteiger charge is -2.41. The molecule has 28 nitrogen and oxygen atoms in total. The molecule has 0 spiro atoms. The number of Topliss-reactive ketones (excluding diaryl/α,β-unsaturated/α-hetero) is 1. The summed E-state index contributed by atoms with van der Waals surface area (Å²) in [6.07, 6.45) is 9.46. The third-order valence-electron chi connectivity index (χ3n) is 20.8. The van der Waals surface area contributed by atoms with Crippen molar-refractivity contribution in [2.75, 3.05) is 37.7 Å². The number of carbonyl (C=O) groups is 9. The molecule has 0 aromatic carbocycles. The highest BCUT2D eigenvalue weighted by molar-refractivity contribution is 7.93. The van der Waals surface area contributed by atoms with Gasteiger partial charge in [0.15, 0.2) is 37.4 Å². The van der Waals surface area contributed by atoms with Gasteiger partial charge < -0.3 is 76.4 Å². The van der Waals surface area contributed by atoms with Crippen LogP contribution in [0.4, 0.5) is 9.59 Å². The number of urea groups is 2. The van der Waals surface area contributed by atoms with Crippen molar-refractivity contribution in [1.82, 2.24) is 52.3 Å². The molecule has 0 aromatic heterocycles. The molecule has 0 bridgehead atoms. The summed E-state index contributed by atoms with van der Waals surface area (Å²) in [5.74, 6) is -6.73. The van der Waals surface area contributed by atoms with Gasteiger partial charge in [0.1, 0.15) is 48.6 Å². The summed E-state index contributed by atoms with van der Waals surface area (Å²) in [6, 6.07) is -8.06. The molecule has 9 N–H and O–H groups in total. The van der Waals surface area contributed by atoms with Crippen LogP contribution >= 0.6 is 0 Å². The van der Waals surface area contributed by atoms with Crippen LogP contribution < -0.4 is 42.5 Å². The second-order valence-electron chi connectivity index (χ2n) is 34.7. The number of sulfone groups is 2. The third kappa shape index (κ3) is 21.3. The zero-order valence-corrected chi connectivity index (χ0v) is 64.9. The SMILES string of the molecule is C=CCNC(=O)C(=O)[C@H](CC1CC1)NC(=O)[C@@H]1[C@H]2OC(C)(C)O[C@H]2CN1C(=O)[C@@H](NC(=O)NC1(CS(=O)(=O)C(C)(C)C)CCCCC1)C(C)(C)C.C=CCNC(=O)C(O)[C@H](CC1CC1)NC(=O)[C@@H]1[C@H]2OC(C)(C)O[C@H]2CN1C(=O)[C@@H](NC(=O)NC1(CS(=O)(=O)C(C)(C)C)CCCCC1)C(C)(C)C. The van der Waals surface area contributed by atoms with Crippen LogP contribution in [0, 0.1) is 22.7 Å². The summed E-state index contributed by atoms with van der Waals surface area (Å²) in [6.45, 7) is 34.8. The molecule has 11 atom stereocenters. The number of rotatable bonds is 26. The van der Waals surface area contributed by atoms with Crippen LogP contribution in [0.25, 0.3) is 0 Å². The molecule has 4 aliphatic heterocycles. The van der Waals surface area contributed by atoms with Crippen LogP contribution in [-0.2, 0) is 72.2 Å². The molecule has 8 aliphatic rings. The van der Waals surface area contributed by atoms with Crippen molar-refractivity contribution in [2.45, 2.75) is 312 Å². The van der Waals surface area contributed by atoms with E-state index < -0.39 is 183 Å². The van der Waals surface area contributed by atoms with Gasteiger partial charge in [-0.1, -0.05) is 118 Å². The van der Waals surface area contributed by atoms with Gasteiger partial charge in [0, 0.05) is 13.1 Å². The molecule has 4 saturated heterocycles. The van der Waals surface area contributed by atoms with Gasteiger partial charge in [-0.25, -0.2) is 26.4 Å². The molecule has 102 heavy (non-hydrogen) atoms. The van der Waals surface area contributed by atoms with E-state index in [0.717, 1.165) is 64.2 Å². The number of nitrogens with one attached hydrogen (secondary N) is 8. The van der Waals surface area contributed by atoms with Crippen molar-refractivity contribution in [3.05, 3.63) is 25.3 Å². The topological polar surface area (TPSA) is 382 Å². The number of aliphatic hydroxyl groups is 1. The van der Waals surface area contributed by atoms with E-state index in [2.05, 4.69) is 55.7 Å². The lowest BCUT2D eigenvalue weighted by atomic mass is 9.83. The smallest absolute Gasteiger partial charge is 0.315 e. The summed E-state index contributed by atoms with van der Waals surface area (Å²) in [5, 5.41) is 33.3. The van der Waals surface area contributed by atoms with Gasteiger partial charge in [-0.3, -0.25) is 33.6 Å². The number of amides is 10. The highest BCUT2D eigenvalue weighted by Gasteiger charge is 2.61. The predicted molar refractivity (Wildman–Crippen MR) is 383 cm³/mol. The number of hydrogen-bond donors (Lipinski definition) is 9. The quantitative estimate of drug-likeness (QED) is 0.0415. The van der Waals surface area contributed by atoms with E-state index in [1.807, 2.05) is 0 Å². The first-order valence-corrected chi connectivity index (χ1v) is 39.8. The van der Waals surface area contributed by atoms with Gasteiger partial charge in [0.05, 0.1) is 57.3 Å². The van der Waals surface area contributed by atoms with Crippen LogP contribution in [0.2, 0.25) is 0 Å². The number of fused-ring (bicyclic) bond motifs is 2. The number of aliphatic hydroxyl groups excluding tert-OH is 1. The average Bonchev–Trinajstić information content (AvgIpc) is 1.57. The fourth-order valence-electron chi connectivity index (χ4n) is 14.5. The standard InChI is InChI=1S/C36H61N5O9S.C36H59N5O9S/c2*1-10-18-37-30(44)26(42)23(19-22-14-15-22)38-29(43)25-27-24(49-35(8,9)50-27)20-41(25)31(45)28(33(2,3)4)39-32(46)40-36(16-12-11-13-17-36)21-51(47,48)34(5,6)7/h10,22-28,42H,1,11-21H2,2-9H3,(H,37,44)(H,38,43)(H2,39,40,46);10,22-25,27-28H,1,11-21H2,2-9H3,(H,37,44)(H,38,43)(H2,39,40,46)/t23-,24-,25-,26?,27-,28+;23-,24-,25-,27-,28+/m00/s1. The highest BCUT2D eigenvalue weighted by atomic mass is 32.2. The molecule has 1 unspecified atom stereocenters. The summed E-state index contributed by atoms with van der Waals surface area (Å²) >= 11 is 0. The number of likely N-dealkylation sites (tertiary alicyclic amines) is 2. The Morgan fingerprint density at radius 3 is 1.26 bits per heavy atom. The summed E-state index contributed by atoms with van der Waals surface area (Å²) in [7, 11) is -7.19. The number of carbonyl (C=O) groups excluding carboxylic acids is 9. The normalized spacial score (nSPS) is 25.9. The van der Waals surface area contributed by atoms with Crippen molar-refractivity contribution in [3.63, 3.8) is 0 Å². The summed E-state index contributed by atoms with van der Waals surface area (Å²) in [4.78, 5) is 126. The van der Waals surface area contributed by atoms with Crippen LogP contribution in [0.5, 0.6) is 0 Å². The fourth-order valence-corrected chi connectivity index (χ4v) is 17.6. The number of nitrogens with zero attached hydrogens (tertiary/aromatic N) is 2. The van der Waals surface area contributed by atoms with Gasteiger partial charge in [0.2, 0.25) is 29.4 Å². The van der Waals surface area contributed by atoms with Gasteiger partial charge in [-0.05, 0) is 130 Å². The molecule has 0 aromatic rings. The Morgan fingerprint density at radius 1 is 0.529 bits per heavy atom. The van der Waals surface area contributed by atoms with Crippen LogP contribution in [0.15, 0.2) is 25.3 Å². The Morgan fingerprint density at radius 2 is 0.902 bits per heavy atom. The summed E-state index contributed by atoms with van der Waals surface area (Å²) < 4.78 is 75.8. The number of ketones is 1. The molecule has 30 heteroatoms. The van der Waals surface area contributed by atoms with Crippen molar-refractivity contribution >= 4 is 73.0 Å². The second-order valence-corrected chi connectivity index (χ2v) is 40.2. The zero-order valence-electron chi connectivity index (χ0n) is 63.2. The van der Waals surface area contributed by atoms with Crippen LogP contribution in [0.1, 0.15) is 214 Å².